The Hall–Kier alpha value is -2.11. The third-order valence-electron chi connectivity index (χ3n) is 4.12. The van der Waals surface area contributed by atoms with Crippen LogP contribution < -0.4 is 16.0 Å². The van der Waals surface area contributed by atoms with Gasteiger partial charge in [-0.3, -0.25) is 14.6 Å². The van der Waals surface area contributed by atoms with Gasteiger partial charge in [-0.25, -0.2) is 0 Å². The monoisotopic (exact) mass is 318 g/mol. The zero-order valence-corrected chi connectivity index (χ0v) is 14.1. The Bertz CT molecular complexity index is 574. The van der Waals surface area contributed by atoms with E-state index in [1.54, 1.807) is 12.3 Å². The summed E-state index contributed by atoms with van der Waals surface area (Å²) in [4.78, 5) is 30.4. The smallest absolute Gasteiger partial charge is 0.270 e. The molecule has 0 radical (unpaired) electrons. The van der Waals surface area contributed by atoms with Crippen LogP contribution in [-0.2, 0) is 4.79 Å². The normalized spacial score (nSPS) is 16.7. The number of primary amides is 1. The van der Waals surface area contributed by atoms with Crippen molar-refractivity contribution in [2.45, 2.75) is 46.1 Å². The number of nitrogens with zero attached hydrogens (tertiary/aromatic N) is 2. The molecule has 0 aromatic carbocycles. The lowest BCUT2D eigenvalue weighted by Gasteiger charge is -2.30. The summed E-state index contributed by atoms with van der Waals surface area (Å²) >= 11 is 0. The third kappa shape index (κ3) is 4.43. The van der Waals surface area contributed by atoms with Crippen molar-refractivity contribution in [3.63, 3.8) is 0 Å². The Labute approximate surface area is 137 Å². The Morgan fingerprint density at radius 3 is 2.48 bits per heavy atom. The van der Waals surface area contributed by atoms with Crippen molar-refractivity contribution in [1.82, 2.24) is 10.3 Å². The fourth-order valence-corrected chi connectivity index (χ4v) is 2.81. The zero-order valence-electron chi connectivity index (χ0n) is 14.1. The lowest BCUT2D eigenvalue weighted by atomic mass is 9.86. The topological polar surface area (TPSA) is 88.3 Å². The Kier molecular flexibility index (Phi) is 5.23. The third-order valence-corrected chi connectivity index (χ3v) is 4.12. The van der Waals surface area contributed by atoms with Crippen LogP contribution in [0.25, 0.3) is 0 Å². The first-order valence-corrected chi connectivity index (χ1v) is 8.10. The highest BCUT2D eigenvalue weighted by atomic mass is 16.2. The first-order valence-electron chi connectivity index (χ1n) is 8.10. The molecule has 1 aliphatic rings. The molecule has 126 valence electrons. The van der Waals surface area contributed by atoms with Crippen LogP contribution in [0.4, 0.5) is 5.69 Å². The quantitative estimate of drug-likeness (QED) is 0.884. The maximum Gasteiger partial charge on any atom is 0.270 e. The number of hydrogen-bond donors (Lipinski definition) is 2. The number of hydrogen-bond acceptors (Lipinski definition) is 4. The predicted octanol–water partition coefficient (Wildman–Crippen LogP) is 1.70. The van der Waals surface area contributed by atoms with Gasteiger partial charge in [0.05, 0.1) is 0 Å². The summed E-state index contributed by atoms with van der Waals surface area (Å²) in [6, 6.07) is 2.95. The molecule has 3 N–H and O–H groups in total. The van der Waals surface area contributed by atoms with Crippen LogP contribution in [0.15, 0.2) is 18.3 Å². The molecule has 23 heavy (non-hydrogen) atoms. The predicted molar refractivity (Wildman–Crippen MR) is 90.2 cm³/mol. The summed E-state index contributed by atoms with van der Waals surface area (Å²) in [5, 5.41) is 2.71. The van der Waals surface area contributed by atoms with Crippen LogP contribution in [0.2, 0.25) is 0 Å². The van der Waals surface area contributed by atoms with Crippen molar-refractivity contribution in [3.8, 4) is 0 Å². The number of rotatable bonds is 4. The standard InChI is InChI=1S/C17H26N4O2/c1-17(2,3)14(15(18)22)20-16(23)13-11-12(7-8-19-13)21-9-5-4-6-10-21/h7-8,11,14H,4-6,9-10H2,1-3H3,(H2,18,22)(H,20,23)/t14-/m1/s1. The van der Waals surface area contributed by atoms with Crippen molar-refractivity contribution in [1.29, 1.82) is 0 Å². The molecule has 2 amide bonds. The minimum Gasteiger partial charge on any atom is -0.371 e. The molecule has 0 bridgehead atoms. The fraction of sp³-hybridized carbons (Fsp3) is 0.588. The molecule has 0 unspecified atom stereocenters. The number of amides is 2. The van der Waals surface area contributed by atoms with Crippen LogP contribution in [0, 0.1) is 5.41 Å². The highest BCUT2D eigenvalue weighted by molar-refractivity contribution is 5.96. The molecule has 1 aromatic rings. The van der Waals surface area contributed by atoms with Crippen molar-refractivity contribution in [3.05, 3.63) is 24.0 Å². The molecule has 2 heterocycles. The second-order valence-corrected chi connectivity index (χ2v) is 7.12. The number of pyridine rings is 1. The first-order chi connectivity index (χ1) is 10.8. The van der Waals surface area contributed by atoms with E-state index in [4.69, 9.17) is 5.73 Å². The Balaban J connectivity index is 2.14. The maximum absolute atomic E-state index is 12.4. The van der Waals surface area contributed by atoms with E-state index in [0.717, 1.165) is 31.6 Å². The van der Waals surface area contributed by atoms with Gasteiger partial charge in [0.15, 0.2) is 0 Å². The number of piperidine rings is 1. The average Bonchev–Trinajstić information content (AvgIpc) is 2.52. The number of aromatic nitrogens is 1. The van der Waals surface area contributed by atoms with Crippen molar-refractivity contribution in [2.75, 3.05) is 18.0 Å². The summed E-state index contributed by atoms with van der Waals surface area (Å²) in [5.41, 5.74) is 6.27. The van der Waals surface area contributed by atoms with Gasteiger partial charge in [0, 0.05) is 25.0 Å². The molecule has 1 aliphatic heterocycles. The van der Waals surface area contributed by atoms with Crippen molar-refractivity contribution < 1.29 is 9.59 Å². The fourth-order valence-electron chi connectivity index (χ4n) is 2.81. The molecule has 0 saturated carbocycles. The van der Waals surface area contributed by atoms with Crippen LogP contribution in [-0.4, -0.2) is 35.9 Å². The van der Waals surface area contributed by atoms with Gasteiger partial charge in [0.1, 0.15) is 11.7 Å². The van der Waals surface area contributed by atoms with E-state index in [1.807, 2.05) is 26.8 Å². The molecule has 0 aliphatic carbocycles. The number of nitrogens with one attached hydrogen (secondary N) is 1. The van der Waals surface area contributed by atoms with E-state index < -0.39 is 17.4 Å². The molecule has 0 spiro atoms. The minimum absolute atomic E-state index is 0.309. The van der Waals surface area contributed by atoms with E-state index in [0.29, 0.717) is 5.69 Å². The molecule has 6 heteroatoms. The summed E-state index contributed by atoms with van der Waals surface area (Å²) in [6.45, 7) is 7.58. The second kappa shape index (κ2) is 6.98. The summed E-state index contributed by atoms with van der Waals surface area (Å²) in [7, 11) is 0. The van der Waals surface area contributed by atoms with Crippen molar-refractivity contribution >= 4 is 17.5 Å². The van der Waals surface area contributed by atoms with Crippen molar-refractivity contribution in [2.24, 2.45) is 11.1 Å². The van der Waals surface area contributed by atoms with Gasteiger partial charge in [0.25, 0.3) is 5.91 Å². The second-order valence-electron chi connectivity index (χ2n) is 7.12. The minimum atomic E-state index is -0.740. The van der Waals surface area contributed by atoms with E-state index in [2.05, 4.69) is 15.2 Å². The molecule has 1 fully saturated rings. The lowest BCUT2D eigenvalue weighted by Crippen LogP contribution is -2.52. The number of carbonyl (C=O) groups is 2. The van der Waals surface area contributed by atoms with Gasteiger partial charge in [0.2, 0.25) is 5.91 Å². The number of nitrogens with two attached hydrogens (primary N) is 1. The highest BCUT2D eigenvalue weighted by Crippen LogP contribution is 2.21. The summed E-state index contributed by atoms with van der Waals surface area (Å²) in [6.07, 6.45) is 5.21. The SMILES string of the molecule is CC(C)(C)[C@H](NC(=O)c1cc(N2CCCCC2)ccn1)C(N)=O. The van der Waals surface area contributed by atoms with Gasteiger partial charge in [-0.05, 0) is 36.8 Å². The molecule has 1 saturated heterocycles. The highest BCUT2D eigenvalue weighted by Gasteiger charge is 2.31. The zero-order chi connectivity index (χ0) is 17.0. The molecule has 1 atom stereocenters. The van der Waals surface area contributed by atoms with Crippen LogP contribution >= 0.6 is 0 Å². The van der Waals surface area contributed by atoms with Gasteiger partial charge in [-0.1, -0.05) is 20.8 Å². The molecular weight excluding hydrogens is 292 g/mol. The van der Waals surface area contributed by atoms with Gasteiger partial charge < -0.3 is 16.0 Å². The Morgan fingerprint density at radius 2 is 1.91 bits per heavy atom. The summed E-state index contributed by atoms with van der Waals surface area (Å²) in [5.74, 6) is -0.916. The molecule has 1 aromatic heterocycles. The number of anilines is 1. The Morgan fingerprint density at radius 1 is 1.26 bits per heavy atom. The number of carbonyl (C=O) groups excluding carboxylic acids is 2. The van der Waals surface area contributed by atoms with Gasteiger partial charge in [-0.15, -0.1) is 0 Å². The van der Waals surface area contributed by atoms with Gasteiger partial charge >= 0.3 is 0 Å². The molecule has 2 rings (SSSR count). The van der Waals surface area contributed by atoms with Gasteiger partial charge in [-0.2, -0.15) is 0 Å². The maximum atomic E-state index is 12.4. The van der Waals surface area contributed by atoms with E-state index in [-0.39, 0.29) is 5.91 Å². The molecule has 6 nitrogen and oxygen atoms in total. The lowest BCUT2D eigenvalue weighted by molar-refractivity contribution is -0.122. The largest absolute Gasteiger partial charge is 0.371 e. The molecular formula is C17H26N4O2. The van der Waals surface area contributed by atoms with Crippen LogP contribution in [0.5, 0.6) is 0 Å². The summed E-state index contributed by atoms with van der Waals surface area (Å²) < 4.78 is 0. The van der Waals surface area contributed by atoms with E-state index in [9.17, 15) is 9.59 Å². The first kappa shape index (κ1) is 17.2. The van der Waals surface area contributed by atoms with E-state index in [1.165, 1.54) is 6.42 Å². The average molecular weight is 318 g/mol. The van der Waals surface area contributed by atoms with E-state index >= 15 is 0 Å². The van der Waals surface area contributed by atoms with Crippen LogP contribution in [0.3, 0.4) is 0 Å². The van der Waals surface area contributed by atoms with Crippen LogP contribution in [0.1, 0.15) is 50.5 Å².